The number of carbonyl (C=O) groups excluding carboxylic acids is 1. The molecule has 0 fully saturated rings. The normalized spacial score (nSPS) is 12.5. The molecule has 0 aliphatic carbocycles. The molecule has 1 unspecified atom stereocenters. The van der Waals surface area contributed by atoms with E-state index >= 15 is 0 Å². The van der Waals surface area contributed by atoms with E-state index in [4.69, 9.17) is 4.74 Å². The number of nitrogens with zero attached hydrogens (tertiary/aromatic N) is 1. The standard InChI is InChI=1S/C10H14BrNO2S/c1-7(6-14-3)12(2)10(13)9-8(11)4-5-15-9/h4-5,7H,6H2,1-3H3. The van der Waals surface area contributed by atoms with Gasteiger partial charge < -0.3 is 9.64 Å². The molecule has 0 aliphatic heterocycles. The Morgan fingerprint density at radius 3 is 2.87 bits per heavy atom. The average molecular weight is 292 g/mol. The smallest absolute Gasteiger partial charge is 0.265 e. The van der Waals surface area contributed by atoms with Crippen LogP contribution < -0.4 is 0 Å². The first-order valence-electron chi connectivity index (χ1n) is 4.57. The Kier molecular flexibility index (Phi) is 4.76. The highest BCUT2D eigenvalue weighted by Crippen LogP contribution is 2.24. The van der Waals surface area contributed by atoms with Crippen molar-refractivity contribution in [2.75, 3.05) is 20.8 Å². The molecule has 1 rings (SSSR count). The van der Waals surface area contributed by atoms with E-state index in [-0.39, 0.29) is 11.9 Å². The molecule has 3 nitrogen and oxygen atoms in total. The van der Waals surface area contributed by atoms with Crippen LogP contribution in [0.3, 0.4) is 0 Å². The zero-order valence-corrected chi connectivity index (χ0v) is 11.4. The van der Waals surface area contributed by atoms with E-state index < -0.39 is 0 Å². The van der Waals surface area contributed by atoms with Crippen LogP contribution in [0.4, 0.5) is 0 Å². The van der Waals surface area contributed by atoms with E-state index in [1.54, 1.807) is 19.1 Å². The number of rotatable bonds is 4. The number of amides is 1. The van der Waals surface area contributed by atoms with Gasteiger partial charge in [0, 0.05) is 18.6 Å². The lowest BCUT2D eigenvalue weighted by Crippen LogP contribution is -2.37. The van der Waals surface area contributed by atoms with Crippen molar-refractivity contribution < 1.29 is 9.53 Å². The number of hydrogen-bond donors (Lipinski definition) is 0. The van der Waals surface area contributed by atoms with Crippen molar-refractivity contribution in [3.8, 4) is 0 Å². The summed E-state index contributed by atoms with van der Waals surface area (Å²) in [5.41, 5.74) is 0. The minimum atomic E-state index is 0.0291. The fourth-order valence-corrected chi connectivity index (χ4v) is 2.68. The van der Waals surface area contributed by atoms with Crippen LogP contribution in [-0.2, 0) is 4.74 Å². The van der Waals surface area contributed by atoms with Crippen molar-refractivity contribution in [3.63, 3.8) is 0 Å². The minimum Gasteiger partial charge on any atom is -0.383 e. The topological polar surface area (TPSA) is 29.5 Å². The molecular formula is C10H14BrNO2S. The van der Waals surface area contributed by atoms with Crippen LogP contribution in [-0.4, -0.2) is 37.6 Å². The van der Waals surface area contributed by atoms with Crippen molar-refractivity contribution in [2.45, 2.75) is 13.0 Å². The van der Waals surface area contributed by atoms with Gasteiger partial charge in [0.2, 0.25) is 0 Å². The van der Waals surface area contributed by atoms with Gasteiger partial charge in [-0.2, -0.15) is 0 Å². The molecule has 0 spiro atoms. The van der Waals surface area contributed by atoms with Crippen LogP contribution in [0.5, 0.6) is 0 Å². The lowest BCUT2D eigenvalue weighted by molar-refractivity contribution is 0.0637. The molecular weight excluding hydrogens is 278 g/mol. The molecule has 1 amide bonds. The second kappa shape index (κ2) is 5.63. The summed E-state index contributed by atoms with van der Waals surface area (Å²) in [4.78, 5) is 14.4. The van der Waals surface area contributed by atoms with E-state index in [0.717, 1.165) is 9.35 Å². The summed E-state index contributed by atoms with van der Waals surface area (Å²) in [5.74, 6) is 0.0291. The van der Waals surface area contributed by atoms with Gasteiger partial charge in [-0.15, -0.1) is 11.3 Å². The third-order valence-electron chi connectivity index (χ3n) is 2.20. The Bertz CT molecular complexity index is 340. The van der Waals surface area contributed by atoms with Gasteiger partial charge in [0.25, 0.3) is 5.91 Å². The Hall–Kier alpha value is -0.390. The fraction of sp³-hybridized carbons (Fsp3) is 0.500. The van der Waals surface area contributed by atoms with Crippen LogP contribution in [0.2, 0.25) is 0 Å². The average Bonchev–Trinajstić information content (AvgIpc) is 2.62. The van der Waals surface area contributed by atoms with Crippen molar-refractivity contribution >= 4 is 33.2 Å². The number of halogens is 1. The summed E-state index contributed by atoms with van der Waals surface area (Å²) < 4.78 is 5.88. The number of ether oxygens (including phenoxy) is 1. The lowest BCUT2D eigenvalue weighted by atomic mass is 10.3. The molecule has 15 heavy (non-hydrogen) atoms. The van der Waals surface area contributed by atoms with Crippen LogP contribution >= 0.6 is 27.3 Å². The van der Waals surface area contributed by atoms with E-state index in [1.165, 1.54) is 11.3 Å². The van der Waals surface area contributed by atoms with Gasteiger partial charge in [-0.3, -0.25) is 4.79 Å². The fourth-order valence-electron chi connectivity index (χ4n) is 1.16. The van der Waals surface area contributed by atoms with E-state index in [2.05, 4.69) is 15.9 Å². The van der Waals surface area contributed by atoms with Crippen LogP contribution in [0, 0.1) is 0 Å². The molecule has 1 atom stereocenters. The van der Waals surface area contributed by atoms with Crippen LogP contribution in [0.15, 0.2) is 15.9 Å². The summed E-state index contributed by atoms with van der Waals surface area (Å²) >= 11 is 4.80. The van der Waals surface area contributed by atoms with Crippen LogP contribution in [0.25, 0.3) is 0 Å². The molecule has 1 aromatic heterocycles. The third kappa shape index (κ3) is 3.03. The van der Waals surface area contributed by atoms with Crippen molar-refractivity contribution in [2.24, 2.45) is 0 Å². The van der Waals surface area contributed by atoms with E-state index in [9.17, 15) is 4.79 Å². The zero-order valence-electron chi connectivity index (χ0n) is 8.99. The monoisotopic (exact) mass is 291 g/mol. The van der Waals surface area contributed by atoms with Gasteiger partial charge in [0.15, 0.2) is 0 Å². The van der Waals surface area contributed by atoms with Gasteiger partial charge in [0.1, 0.15) is 4.88 Å². The summed E-state index contributed by atoms with van der Waals surface area (Å²) in [7, 11) is 3.42. The third-order valence-corrected chi connectivity index (χ3v) is 4.03. The highest BCUT2D eigenvalue weighted by Gasteiger charge is 2.20. The van der Waals surface area contributed by atoms with Crippen molar-refractivity contribution in [1.29, 1.82) is 0 Å². The quantitative estimate of drug-likeness (QED) is 0.853. The minimum absolute atomic E-state index is 0.0291. The molecule has 0 radical (unpaired) electrons. The Morgan fingerprint density at radius 1 is 1.73 bits per heavy atom. The number of thiophene rings is 1. The first-order valence-corrected chi connectivity index (χ1v) is 6.24. The SMILES string of the molecule is COCC(C)N(C)C(=O)c1sccc1Br. The Labute approximate surface area is 102 Å². The first-order chi connectivity index (χ1) is 7.07. The lowest BCUT2D eigenvalue weighted by Gasteiger charge is -2.23. The summed E-state index contributed by atoms with van der Waals surface area (Å²) in [6.07, 6.45) is 0. The van der Waals surface area contributed by atoms with Gasteiger partial charge >= 0.3 is 0 Å². The molecule has 0 bridgehead atoms. The number of methoxy groups -OCH3 is 1. The van der Waals surface area contributed by atoms with Gasteiger partial charge in [-0.1, -0.05) is 0 Å². The number of likely N-dealkylation sites (N-methyl/N-ethyl adjacent to an activating group) is 1. The molecule has 5 heteroatoms. The summed E-state index contributed by atoms with van der Waals surface area (Å²) in [5, 5.41) is 1.89. The Balaban J connectivity index is 2.73. The zero-order chi connectivity index (χ0) is 11.4. The van der Waals surface area contributed by atoms with Gasteiger partial charge in [-0.25, -0.2) is 0 Å². The molecule has 0 aliphatic rings. The highest BCUT2D eigenvalue weighted by atomic mass is 79.9. The first kappa shape index (κ1) is 12.7. The number of hydrogen-bond acceptors (Lipinski definition) is 3. The second-order valence-electron chi connectivity index (χ2n) is 3.32. The van der Waals surface area contributed by atoms with Gasteiger partial charge in [-0.05, 0) is 34.3 Å². The van der Waals surface area contributed by atoms with Crippen LogP contribution in [0.1, 0.15) is 16.6 Å². The molecule has 1 heterocycles. The second-order valence-corrected chi connectivity index (χ2v) is 5.09. The predicted octanol–water partition coefficient (Wildman–Crippen LogP) is 2.62. The maximum Gasteiger partial charge on any atom is 0.265 e. The highest BCUT2D eigenvalue weighted by molar-refractivity contribution is 9.10. The maximum absolute atomic E-state index is 12.0. The molecule has 0 saturated carbocycles. The van der Waals surface area contributed by atoms with E-state index in [1.807, 2.05) is 18.4 Å². The van der Waals surface area contributed by atoms with E-state index in [0.29, 0.717) is 6.61 Å². The summed E-state index contributed by atoms with van der Waals surface area (Å²) in [6.45, 7) is 2.51. The van der Waals surface area contributed by atoms with Crippen molar-refractivity contribution in [1.82, 2.24) is 4.90 Å². The predicted molar refractivity (Wildman–Crippen MR) is 65.5 cm³/mol. The largest absolute Gasteiger partial charge is 0.383 e. The molecule has 0 saturated heterocycles. The molecule has 1 aromatic rings. The van der Waals surface area contributed by atoms with Crippen molar-refractivity contribution in [3.05, 3.63) is 20.8 Å². The molecule has 84 valence electrons. The number of carbonyl (C=O) groups is 1. The maximum atomic E-state index is 12.0. The molecule has 0 N–H and O–H groups in total. The molecule has 0 aromatic carbocycles. The van der Waals surface area contributed by atoms with Gasteiger partial charge in [0.05, 0.1) is 12.6 Å². The Morgan fingerprint density at radius 2 is 2.40 bits per heavy atom. The summed E-state index contributed by atoms with van der Waals surface area (Å²) in [6, 6.07) is 1.96.